The number of ether oxygens (including phenoxy) is 3. The summed E-state index contributed by atoms with van der Waals surface area (Å²) in [5.74, 6) is -3.97. The number of carbonyl (C=O) groups excluding carboxylic acids is 2. The van der Waals surface area contributed by atoms with Crippen molar-refractivity contribution in [1.82, 2.24) is 33.9 Å². The van der Waals surface area contributed by atoms with Crippen molar-refractivity contribution in [2.75, 3.05) is 51.8 Å². The molecule has 3 aliphatic rings. The summed E-state index contributed by atoms with van der Waals surface area (Å²) < 4.78 is 54.4. The maximum Gasteiger partial charge on any atom is 0.336 e. The summed E-state index contributed by atoms with van der Waals surface area (Å²) in [6.45, 7) is 0.384. The van der Waals surface area contributed by atoms with E-state index in [1.54, 1.807) is 6.07 Å². The average Bonchev–Trinajstić information content (AvgIpc) is 3.90. The first-order valence-electron chi connectivity index (χ1n) is 22.7. The quantitative estimate of drug-likeness (QED) is 0.0287. The third kappa shape index (κ3) is 12.5. The first-order valence-corrected chi connectivity index (χ1v) is 24.1. The van der Waals surface area contributed by atoms with Crippen LogP contribution in [-0.4, -0.2) is 152 Å². The van der Waals surface area contributed by atoms with Crippen LogP contribution in [0.4, 0.5) is 5.82 Å². The molecule has 0 radical (unpaired) electrons. The molecular formula is C46H53N9O16S. The van der Waals surface area contributed by atoms with Gasteiger partial charge in [-0.2, -0.15) is 12.7 Å². The topological polar surface area (TPSA) is 384 Å². The zero-order valence-electron chi connectivity index (χ0n) is 38.5. The monoisotopic (exact) mass is 1020 g/mol. The smallest absolute Gasteiger partial charge is 0.336 e. The molecule has 0 saturated carbocycles. The molecule has 2 unspecified atom stereocenters. The number of benzene rings is 3. The van der Waals surface area contributed by atoms with Crippen LogP contribution in [0.2, 0.25) is 0 Å². The van der Waals surface area contributed by atoms with Gasteiger partial charge in [0.15, 0.2) is 23.1 Å². The Morgan fingerprint density at radius 1 is 0.889 bits per heavy atom. The van der Waals surface area contributed by atoms with Crippen LogP contribution in [0.3, 0.4) is 0 Å². The molecule has 2 amide bonds. The number of rotatable bonds is 25. The molecule has 2 aliphatic heterocycles. The number of fused-ring (bicyclic) bond motifs is 3. The molecule has 7 rings (SSSR count). The normalized spacial score (nSPS) is 17.4. The summed E-state index contributed by atoms with van der Waals surface area (Å²) in [7, 11) is -4.63. The Labute approximate surface area is 409 Å². The van der Waals surface area contributed by atoms with Gasteiger partial charge in [0.05, 0.1) is 37.8 Å². The first-order chi connectivity index (χ1) is 34.4. The van der Waals surface area contributed by atoms with Gasteiger partial charge in [-0.1, -0.05) is 12.8 Å². The third-order valence-electron chi connectivity index (χ3n) is 11.8. The van der Waals surface area contributed by atoms with Crippen LogP contribution < -0.4 is 26.9 Å². The molecule has 1 aliphatic carbocycles. The Bertz CT molecular complexity index is 3080. The molecule has 4 aromatic rings. The molecular weight excluding hydrogens is 967 g/mol. The van der Waals surface area contributed by atoms with Gasteiger partial charge < -0.3 is 60.9 Å². The minimum atomic E-state index is -4.63. The SMILES string of the molecule is Nc1ncnc2c1ncn2C1OC(CN(CCCCCCOCCOCCNC(=O)c2ccc(C(=O)O)c(-c3c4ccc(=O)cc-4oc4cc(O)ccc34)c2)S(=O)(=O)NC(=O)[C@@H](N)CCC(=O)O)[C@@H](O)[C@H]1O. The Morgan fingerprint density at radius 3 is 2.42 bits per heavy atom. The Hall–Kier alpha value is -7.17. The highest BCUT2D eigenvalue weighted by Crippen LogP contribution is 2.42. The molecule has 4 heterocycles. The summed E-state index contributed by atoms with van der Waals surface area (Å²) in [5, 5.41) is 54.4. The lowest BCUT2D eigenvalue weighted by molar-refractivity contribution is -0.137. The van der Waals surface area contributed by atoms with Crippen LogP contribution in [-0.2, 0) is 34.0 Å². The minimum Gasteiger partial charge on any atom is -0.508 e. The molecule has 11 N–H and O–H groups in total. The number of aromatic carboxylic acids is 1. The number of carbonyl (C=O) groups is 4. The number of nitrogens with zero attached hydrogens (tertiary/aromatic N) is 5. The zero-order chi connectivity index (χ0) is 51.7. The summed E-state index contributed by atoms with van der Waals surface area (Å²) in [4.78, 5) is 73.7. The van der Waals surface area contributed by atoms with Crippen LogP contribution in [0.25, 0.3) is 44.6 Å². The van der Waals surface area contributed by atoms with Crippen molar-refractivity contribution >= 4 is 61.9 Å². The molecule has 1 fully saturated rings. The van der Waals surface area contributed by atoms with Gasteiger partial charge in [0, 0.05) is 66.9 Å². The largest absolute Gasteiger partial charge is 0.508 e. The second kappa shape index (κ2) is 23.4. The lowest BCUT2D eigenvalue weighted by atomic mass is 9.89. The van der Waals surface area contributed by atoms with Crippen LogP contribution in [0.1, 0.15) is 65.5 Å². The molecule has 2 aromatic carbocycles. The number of imidazole rings is 1. The Morgan fingerprint density at radius 2 is 1.65 bits per heavy atom. The number of aliphatic carboxylic acids is 1. The molecule has 2 aromatic heterocycles. The summed E-state index contributed by atoms with van der Waals surface area (Å²) >= 11 is 0. The van der Waals surface area contributed by atoms with Crippen LogP contribution in [0, 0.1) is 0 Å². The second-order valence-electron chi connectivity index (χ2n) is 16.8. The van der Waals surface area contributed by atoms with Crippen molar-refractivity contribution in [3.8, 4) is 28.2 Å². The van der Waals surface area contributed by atoms with E-state index in [1.807, 2.05) is 4.72 Å². The number of amides is 2. The number of nitrogen functional groups attached to an aromatic ring is 1. The lowest BCUT2D eigenvalue weighted by Crippen LogP contribution is -2.52. The van der Waals surface area contributed by atoms with E-state index in [-0.39, 0.29) is 95.5 Å². The molecule has 384 valence electrons. The molecule has 0 spiro atoms. The predicted octanol–water partition coefficient (Wildman–Crippen LogP) is 1.19. The second-order valence-corrected chi connectivity index (χ2v) is 18.4. The van der Waals surface area contributed by atoms with E-state index in [0.717, 1.165) is 4.31 Å². The minimum absolute atomic E-state index is 0.0652. The van der Waals surface area contributed by atoms with Gasteiger partial charge in [-0.05, 0) is 67.3 Å². The van der Waals surface area contributed by atoms with E-state index >= 15 is 0 Å². The van der Waals surface area contributed by atoms with Gasteiger partial charge in [-0.3, -0.25) is 23.7 Å². The summed E-state index contributed by atoms with van der Waals surface area (Å²) in [6.07, 6.45) is -2.00. The van der Waals surface area contributed by atoms with Gasteiger partial charge in [0.1, 0.15) is 47.2 Å². The highest BCUT2D eigenvalue weighted by atomic mass is 32.2. The van der Waals surface area contributed by atoms with Gasteiger partial charge in [-0.15, -0.1) is 0 Å². The summed E-state index contributed by atoms with van der Waals surface area (Å²) in [5.41, 5.74) is 13.0. The van der Waals surface area contributed by atoms with Crippen molar-refractivity contribution in [3.05, 3.63) is 88.6 Å². The number of phenols is 1. The fourth-order valence-corrected chi connectivity index (χ4v) is 9.34. The fraction of sp³-hybridized carbons (Fsp3) is 0.391. The molecule has 0 bridgehead atoms. The average molecular weight is 1020 g/mol. The van der Waals surface area contributed by atoms with Gasteiger partial charge in [0.2, 0.25) is 0 Å². The molecule has 1 saturated heterocycles. The number of hydrogen-bond donors (Lipinski definition) is 9. The van der Waals surface area contributed by atoms with Gasteiger partial charge >= 0.3 is 22.1 Å². The Kier molecular flexibility index (Phi) is 17.1. The maximum absolute atomic E-state index is 13.6. The standard InChI is InChI=1S/C46H53N9O16S/c47-32(11-12-36(58)59)44(63)53-72(66,67)54(22-35-39(60)40(61)45(71-35)55-24-52-38-41(48)50-23-51-42(38)55)14-3-1-2-4-15-68-17-18-69-16-13-49-43(62)25-5-8-28(46(64)65)31(19-25)37-29-9-6-26(56)20-33(29)70-34-21-27(57)7-10-30(34)37/h5-10,19-21,23-24,32,35,39-40,45,56,60-61H,1-4,11-18,22,47H2,(H,49,62)(H,53,63)(H,58,59)(H,64,65)(H2,48,50,51)/t32-,35?,39+,40+,45?/m0/s1. The highest BCUT2D eigenvalue weighted by Gasteiger charge is 2.46. The first kappa shape index (κ1) is 52.6. The highest BCUT2D eigenvalue weighted by molar-refractivity contribution is 7.87. The van der Waals surface area contributed by atoms with Crippen molar-refractivity contribution in [3.63, 3.8) is 0 Å². The number of unbranched alkanes of at least 4 members (excludes halogenated alkanes) is 3. The number of anilines is 1. The molecule has 25 nitrogen and oxygen atoms in total. The van der Waals surface area contributed by atoms with E-state index in [2.05, 4.69) is 20.3 Å². The predicted molar refractivity (Wildman–Crippen MR) is 255 cm³/mol. The van der Waals surface area contributed by atoms with Crippen LogP contribution in [0.5, 0.6) is 5.75 Å². The maximum atomic E-state index is 13.6. The number of carboxylic acid groups (broad SMARTS) is 2. The fourth-order valence-electron chi connectivity index (χ4n) is 8.09. The van der Waals surface area contributed by atoms with E-state index in [1.165, 1.54) is 65.8 Å². The number of nitrogens with one attached hydrogen (secondary N) is 2. The van der Waals surface area contributed by atoms with E-state index in [4.69, 9.17) is 35.2 Å². The van der Waals surface area contributed by atoms with Crippen LogP contribution in [0.15, 0.2) is 76.5 Å². The Balaban J connectivity index is 0.858. The van der Waals surface area contributed by atoms with Crippen molar-refractivity contribution in [2.24, 2.45) is 5.73 Å². The number of phenolic OH excluding ortho intramolecular Hbond substituents is 1. The van der Waals surface area contributed by atoms with Crippen molar-refractivity contribution < 1.29 is 71.8 Å². The number of aliphatic hydroxyl groups excluding tert-OH is 2. The molecule has 5 atom stereocenters. The lowest BCUT2D eigenvalue weighted by Gasteiger charge is -2.26. The molecule has 72 heavy (non-hydrogen) atoms. The number of hydrogen-bond acceptors (Lipinski definition) is 19. The van der Waals surface area contributed by atoms with Gasteiger partial charge in [-0.25, -0.2) is 24.5 Å². The number of nitrogens with two attached hydrogens (primary N) is 2. The van der Waals surface area contributed by atoms with E-state index in [9.17, 15) is 52.8 Å². The number of aromatic nitrogens is 4. The molecule has 26 heteroatoms. The van der Waals surface area contributed by atoms with Crippen molar-refractivity contribution in [2.45, 2.75) is 69.1 Å². The zero-order valence-corrected chi connectivity index (χ0v) is 39.3. The number of aliphatic hydroxyl groups is 2. The van der Waals surface area contributed by atoms with E-state index < -0.39 is 77.5 Å². The number of carboxylic acids is 2. The van der Waals surface area contributed by atoms with Gasteiger partial charge in [0.25, 0.3) is 11.8 Å². The van der Waals surface area contributed by atoms with E-state index in [0.29, 0.717) is 48.8 Å². The van der Waals surface area contributed by atoms with Crippen molar-refractivity contribution in [1.29, 1.82) is 0 Å². The summed E-state index contributed by atoms with van der Waals surface area (Å²) in [6, 6.07) is 11.1. The van der Waals surface area contributed by atoms with Crippen LogP contribution >= 0.6 is 0 Å². The third-order valence-corrected chi connectivity index (χ3v) is 13.2. The number of aromatic hydroxyl groups is 1.